The highest BCUT2D eigenvalue weighted by atomic mass is 32.1. The molecule has 1 amide bonds. The lowest BCUT2D eigenvalue weighted by atomic mass is 10.1. The van der Waals surface area contributed by atoms with Gasteiger partial charge >= 0.3 is 0 Å². The van der Waals surface area contributed by atoms with E-state index in [1.54, 1.807) is 36.6 Å². The average Bonchev–Trinajstić information content (AvgIpc) is 3.09. The first-order chi connectivity index (χ1) is 12.1. The van der Waals surface area contributed by atoms with E-state index < -0.39 is 0 Å². The zero-order chi connectivity index (χ0) is 17.6. The van der Waals surface area contributed by atoms with Crippen LogP contribution in [0, 0.1) is 6.92 Å². The monoisotopic (exact) mass is 352 g/mol. The third-order valence-corrected chi connectivity index (χ3v) is 4.83. The molecule has 3 aromatic rings. The number of methoxy groups -OCH3 is 1. The van der Waals surface area contributed by atoms with Crippen LogP contribution in [0.1, 0.15) is 31.4 Å². The number of benzene rings is 2. The van der Waals surface area contributed by atoms with E-state index in [0.717, 1.165) is 11.4 Å². The van der Waals surface area contributed by atoms with Crippen molar-refractivity contribution < 1.29 is 9.53 Å². The van der Waals surface area contributed by atoms with E-state index in [0.29, 0.717) is 17.9 Å². The van der Waals surface area contributed by atoms with E-state index in [4.69, 9.17) is 4.74 Å². The number of nitrogens with zero attached hydrogens (tertiary/aromatic N) is 1. The average molecular weight is 352 g/mol. The molecule has 0 bridgehead atoms. The molecule has 5 heteroatoms. The smallest absolute Gasteiger partial charge is 0.251 e. The minimum atomic E-state index is -0.130. The SMILES string of the molecule is COc1cccc(C(=O)NCc2ncc(Cc3ccc(C)cc3)s2)c1. The van der Waals surface area contributed by atoms with Crippen LogP contribution in [0.4, 0.5) is 0 Å². The number of hydrogen-bond donors (Lipinski definition) is 1. The molecule has 2 aromatic carbocycles. The van der Waals surface area contributed by atoms with Crippen molar-refractivity contribution in [3.63, 3.8) is 0 Å². The first kappa shape index (κ1) is 17.2. The summed E-state index contributed by atoms with van der Waals surface area (Å²) in [4.78, 5) is 17.8. The summed E-state index contributed by atoms with van der Waals surface area (Å²) in [5.74, 6) is 0.538. The molecule has 0 spiro atoms. The third-order valence-electron chi connectivity index (χ3n) is 3.83. The summed E-state index contributed by atoms with van der Waals surface area (Å²) >= 11 is 1.63. The Hall–Kier alpha value is -2.66. The van der Waals surface area contributed by atoms with Crippen LogP contribution in [0.5, 0.6) is 5.75 Å². The first-order valence-electron chi connectivity index (χ1n) is 8.05. The summed E-state index contributed by atoms with van der Waals surface area (Å²) in [6.45, 7) is 2.51. The highest BCUT2D eigenvalue weighted by Gasteiger charge is 2.08. The lowest BCUT2D eigenvalue weighted by Crippen LogP contribution is -2.22. The summed E-state index contributed by atoms with van der Waals surface area (Å²) in [7, 11) is 1.59. The summed E-state index contributed by atoms with van der Waals surface area (Å²) in [6.07, 6.45) is 2.75. The van der Waals surface area contributed by atoms with E-state index in [9.17, 15) is 4.79 Å². The first-order valence-corrected chi connectivity index (χ1v) is 8.87. The third kappa shape index (κ3) is 4.67. The minimum Gasteiger partial charge on any atom is -0.497 e. The Labute approximate surface area is 151 Å². The molecule has 0 unspecified atom stereocenters. The van der Waals surface area contributed by atoms with Gasteiger partial charge in [-0.2, -0.15) is 0 Å². The number of carbonyl (C=O) groups is 1. The topological polar surface area (TPSA) is 51.2 Å². The van der Waals surface area contributed by atoms with Gasteiger partial charge in [0.05, 0.1) is 13.7 Å². The van der Waals surface area contributed by atoms with Gasteiger partial charge in [-0.05, 0) is 30.7 Å². The Morgan fingerprint density at radius 3 is 2.76 bits per heavy atom. The fourth-order valence-corrected chi connectivity index (χ4v) is 3.34. The van der Waals surface area contributed by atoms with Gasteiger partial charge in [-0.15, -0.1) is 11.3 Å². The Morgan fingerprint density at radius 1 is 1.20 bits per heavy atom. The van der Waals surface area contributed by atoms with Crippen molar-refractivity contribution in [2.24, 2.45) is 0 Å². The number of aromatic nitrogens is 1. The predicted molar refractivity (Wildman–Crippen MR) is 100 cm³/mol. The van der Waals surface area contributed by atoms with Crippen molar-refractivity contribution in [3.05, 3.63) is 81.3 Å². The van der Waals surface area contributed by atoms with Gasteiger partial charge in [0.1, 0.15) is 10.8 Å². The summed E-state index contributed by atoms with van der Waals surface area (Å²) in [5, 5.41) is 3.81. The molecule has 0 radical (unpaired) electrons. The molecule has 1 aromatic heterocycles. The van der Waals surface area contributed by atoms with Crippen LogP contribution in [0.25, 0.3) is 0 Å². The molecule has 0 aliphatic rings. The molecule has 0 fully saturated rings. The lowest BCUT2D eigenvalue weighted by molar-refractivity contribution is 0.0950. The maximum atomic E-state index is 12.2. The highest BCUT2D eigenvalue weighted by molar-refractivity contribution is 7.11. The van der Waals surface area contributed by atoms with Gasteiger partial charge in [-0.25, -0.2) is 4.98 Å². The molecular formula is C20H20N2O2S. The van der Waals surface area contributed by atoms with E-state index in [2.05, 4.69) is 41.5 Å². The summed E-state index contributed by atoms with van der Waals surface area (Å²) < 4.78 is 5.14. The second-order valence-electron chi connectivity index (χ2n) is 5.80. The van der Waals surface area contributed by atoms with Crippen LogP contribution in [0.3, 0.4) is 0 Å². The largest absolute Gasteiger partial charge is 0.497 e. The van der Waals surface area contributed by atoms with Crippen molar-refractivity contribution in [2.45, 2.75) is 19.9 Å². The fraction of sp³-hybridized carbons (Fsp3) is 0.200. The second-order valence-corrected chi connectivity index (χ2v) is 7.00. The van der Waals surface area contributed by atoms with Crippen LogP contribution in [0.2, 0.25) is 0 Å². The van der Waals surface area contributed by atoms with E-state index in [1.807, 2.05) is 12.3 Å². The second kappa shape index (κ2) is 7.94. The predicted octanol–water partition coefficient (Wildman–Crippen LogP) is 3.98. The maximum Gasteiger partial charge on any atom is 0.251 e. The quantitative estimate of drug-likeness (QED) is 0.730. The minimum absolute atomic E-state index is 0.130. The number of aryl methyl sites for hydroxylation is 1. The van der Waals surface area contributed by atoms with Gasteiger partial charge in [0, 0.05) is 23.1 Å². The number of hydrogen-bond acceptors (Lipinski definition) is 4. The van der Waals surface area contributed by atoms with Crippen LogP contribution in [-0.2, 0) is 13.0 Å². The Balaban J connectivity index is 1.57. The normalized spacial score (nSPS) is 10.5. The number of carbonyl (C=O) groups excluding carboxylic acids is 1. The maximum absolute atomic E-state index is 12.2. The lowest BCUT2D eigenvalue weighted by Gasteiger charge is -2.05. The fourth-order valence-electron chi connectivity index (χ4n) is 2.44. The molecule has 4 nitrogen and oxygen atoms in total. The molecule has 1 N–H and O–H groups in total. The number of ether oxygens (including phenoxy) is 1. The van der Waals surface area contributed by atoms with Crippen LogP contribution < -0.4 is 10.1 Å². The molecule has 25 heavy (non-hydrogen) atoms. The molecule has 0 aliphatic carbocycles. The number of nitrogens with one attached hydrogen (secondary N) is 1. The van der Waals surface area contributed by atoms with Gasteiger partial charge in [0.2, 0.25) is 0 Å². The summed E-state index contributed by atoms with van der Waals surface area (Å²) in [6, 6.07) is 15.6. The Morgan fingerprint density at radius 2 is 2.00 bits per heavy atom. The van der Waals surface area contributed by atoms with E-state index in [-0.39, 0.29) is 5.91 Å². The van der Waals surface area contributed by atoms with E-state index >= 15 is 0 Å². The molecular weight excluding hydrogens is 332 g/mol. The standard InChI is InChI=1S/C20H20N2O2S/c1-14-6-8-15(9-7-14)10-18-12-21-19(25-18)13-22-20(23)16-4-3-5-17(11-16)24-2/h3-9,11-12H,10,13H2,1-2H3,(H,22,23). The molecule has 0 aliphatic heterocycles. The van der Waals surface area contributed by atoms with Crippen LogP contribution in [-0.4, -0.2) is 18.0 Å². The van der Waals surface area contributed by atoms with Crippen molar-refractivity contribution in [1.29, 1.82) is 0 Å². The molecule has 128 valence electrons. The van der Waals surface area contributed by atoms with Gasteiger partial charge < -0.3 is 10.1 Å². The van der Waals surface area contributed by atoms with Crippen molar-refractivity contribution in [1.82, 2.24) is 10.3 Å². The Kier molecular flexibility index (Phi) is 5.46. The van der Waals surface area contributed by atoms with Gasteiger partial charge in [-0.3, -0.25) is 4.79 Å². The Bertz CT molecular complexity index is 856. The summed E-state index contributed by atoms with van der Waals surface area (Å²) in [5.41, 5.74) is 3.10. The number of amides is 1. The molecule has 0 saturated carbocycles. The molecule has 0 atom stereocenters. The molecule has 0 saturated heterocycles. The van der Waals surface area contributed by atoms with Crippen molar-refractivity contribution >= 4 is 17.2 Å². The van der Waals surface area contributed by atoms with Gasteiger partial charge in [-0.1, -0.05) is 35.9 Å². The van der Waals surface area contributed by atoms with Gasteiger partial charge in [0.25, 0.3) is 5.91 Å². The number of thiazole rings is 1. The van der Waals surface area contributed by atoms with Crippen LogP contribution in [0.15, 0.2) is 54.7 Å². The van der Waals surface area contributed by atoms with Crippen LogP contribution >= 0.6 is 11.3 Å². The van der Waals surface area contributed by atoms with E-state index in [1.165, 1.54) is 16.0 Å². The number of rotatable bonds is 6. The zero-order valence-electron chi connectivity index (χ0n) is 14.3. The zero-order valence-corrected chi connectivity index (χ0v) is 15.1. The van der Waals surface area contributed by atoms with Gasteiger partial charge in [0.15, 0.2) is 0 Å². The molecule has 1 heterocycles. The van der Waals surface area contributed by atoms with Crippen molar-refractivity contribution in [2.75, 3.05) is 7.11 Å². The van der Waals surface area contributed by atoms with Crippen molar-refractivity contribution in [3.8, 4) is 5.75 Å². The highest BCUT2D eigenvalue weighted by Crippen LogP contribution is 2.18. The molecule has 3 rings (SSSR count).